The Labute approximate surface area is 183 Å². The molecule has 0 aliphatic rings. The van der Waals surface area contributed by atoms with Gasteiger partial charge < -0.3 is 9.15 Å². The van der Waals surface area contributed by atoms with Crippen molar-refractivity contribution in [3.8, 4) is 17.2 Å². The van der Waals surface area contributed by atoms with Gasteiger partial charge in [0.05, 0.1) is 22.8 Å². The predicted molar refractivity (Wildman–Crippen MR) is 124 cm³/mol. The summed E-state index contributed by atoms with van der Waals surface area (Å²) in [4.78, 5) is 4.86. The smallest absolute Gasteiger partial charge is 0.231 e. The fourth-order valence-electron chi connectivity index (χ4n) is 3.60. The maximum atomic E-state index is 12.2. The number of benzene rings is 3. The number of ether oxygens (including phenoxy) is 1. The number of fused-ring (bicyclic) bond motifs is 2. The van der Waals surface area contributed by atoms with Gasteiger partial charge in [0.2, 0.25) is 5.89 Å². The van der Waals surface area contributed by atoms with E-state index in [-0.39, 0.29) is 10.6 Å². The van der Waals surface area contributed by atoms with E-state index in [0.29, 0.717) is 23.6 Å². The van der Waals surface area contributed by atoms with Gasteiger partial charge in [0.25, 0.3) is 0 Å². The highest BCUT2D eigenvalue weighted by Crippen LogP contribution is 2.36. The van der Waals surface area contributed by atoms with Gasteiger partial charge >= 0.3 is 0 Å². The lowest BCUT2D eigenvalue weighted by atomic mass is 10.1. The van der Waals surface area contributed by atoms with E-state index in [9.17, 15) is 8.42 Å². The number of rotatable bonds is 9. The minimum Gasteiger partial charge on any atom is -0.493 e. The Morgan fingerprint density at radius 2 is 1.71 bits per heavy atom. The summed E-state index contributed by atoms with van der Waals surface area (Å²) >= 11 is 0. The second-order valence-corrected chi connectivity index (χ2v) is 9.93. The molecule has 0 fully saturated rings. The lowest BCUT2D eigenvalue weighted by molar-refractivity contribution is 0.306. The fraction of sp³-hybridized carbons (Fsp3) is 0.320. The van der Waals surface area contributed by atoms with Crippen LogP contribution in [0.25, 0.3) is 33.3 Å². The Balaban J connectivity index is 1.74. The van der Waals surface area contributed by atoms with Crippen molar-refractivity contribution < 1.29 is 17.6 Å². The molecule has 0 aliphatic carbocycles. The molecule has 0 saturated carbocycles. The molecule has 6 heteroatoms. The molecule has 0 bridgehead atoms. The van der Waals surface area contributed by atoms with Crippen LogP contribution >= 0.6 is 0 Å². The molecule has 4 rings (SSSR count). The Morgan fingerprint density at radius 3 is 2.45 bits per heavy atom. The fourth-order valence-corrected chi connectivity index (χ4v) is 4.50. The largest absolute Gasteiger partial charge is 0.493 e. The predicted octanol–water partition coefficient (Wildman–Crippen LogP) is 6.40. The van der Waals surface area contributed by atoms with Gasteiger partial charge in [-0.2, -0.15) is 0 Å². The molecule has 0 amide bonds. The maximum Gasteiger partial charge on any atom is 0.231 e. The summed E-state index contributed by atoms with van der Waals surface area (Å²) in [6, 6.07) is 16.9. The molecule has 4 aromatic rings. The summed E-state index contributed by atoms with van der Waals surface area (Å²) in [7, 11) is -3.31. The van der Waals surface area contributed by atoms with E-state index in [2.05, 4.69) is 18.0 Å². The molecule has 0 radical (unpaired) electrons. The summed E-state index contributed by atoms with van der Waals surface area (Å²) in [6.45, 7) is 4.45. The number of hydrogen-bond acceptors (Lipinski definition) is 5. The van der Waals surface area contributed by atoms with Crippen LogP contribution in [0.2, 0.25) is 0 Å². The van der Waals surface area contributed by atoms with E-state index in [1.54, 1.807) is 25.1 Å². The Bertz CT molecular complexity index is 1310. The van der Waals surface area contributed by atoms with Gasteiger partial charge in [-0.1, -0.05) is 57.4 Å². The van der Waals surface area contributed by atoms with Gasteiger partial charge in [0, 0.05) is 0 Å². The lowest BCUT2D eigenvalue weighted by Crippen LogP contribution is -2.03. The number of nitrogens with zero attached hydrogens (tertiary/aromatic N) is 1. The lowest BCUT2D eigenvalue weighted by Gasteiger charge is -2.11. The topological polar surface area (TPSA) is 69.4 Å². The Morgan fingerprint density at radius 1 is 0.935 bits per heavy atom. The molecule has 1 heterocycles. The monoisotopic (exact) mass is 437 g/mol. The Hall–Kier alpha value is -2.86. The van der Waals surface area contributed by atoms with Crippen LogP contribution in [-0.4, -0.2) is 25.8 Å². The number of hydrogen-bond donors (Lipinski definition) is 0. The third-order valence-corrected chi connectivity index (χ3v) is 7.16. The van der Waals surface area contributed by atoms with Gasteiger partial charge in [-0.15, -0.1) is 0 Å². The second kappa shape index (κ2) is 9.10. The third kappa shape index (κ3) is 4.59. The highest BCUT2D eigenvalue weighted by Gasteiger charge is 2.18. The molecule has 0 saturated heterocycles. The average molecular weight is 438 g/mol. The Kier molecular flexibility index (Phi) is 6.28. The van der Waals surface area contributed by atoms with Crippen molar-refractivity contribution in [1.82, 2.24) is 4.98 Å². The van der Waals surface area contributed by atoms with Crippen LogP contribution in [0, 0.1) is 0 Å². The van der Waals surface area contributed by atoms with Gasteiger partial charge in [0.15, 0.2) is 15.4 Å². The SMILES string of the molecule is CCCCCCOc1cc2ccccc2cc1-c1nc2cc(S(=O)(=O)CC)ccc2o1. The van der Waals surface area contributed by atoms with Crippen LogP contribution in [0.1, 0.15) is 39.5 Å². The standard InChI is InChI=1S/C25H27NO4S/c1-3-5-6-9-14-29-24-16-19-11-8-7-10-18(19)15-21(24)25-26-22-17-20(31(27,28)4-2)12-13-23(22)30-25/h7-8,10-13,15-17H,3-6,9,14H2,1-2H3. The molecule has 0 spiro atoms. The van der Waals surface area contributed by atoms with Gasteiger partial charge in [-0.3, -0.25) is 0 Å². The molecule has 31 heavy (non-hydrogen) atoms. The summed E-state index contributed by atoms with van der Waals surface area (Å²) in [5, 5.41) is 2.15. The normalized spacial score (nSPS) is 11.9. The van der Waals surface area contributed by atoms with E-state index >= 15 is 0 Å². The molecule has 0 N–H and O–H groups in total. The molecule has 0 aliphatic heterocycles. The molecular weight excluding hydrogens is 410 g/mol. The molecular formula is C25H27NO4S. The van der Waals surface area contributed by atoms with E-state index in [4.69, 9.17) is 9.15 Å². The van der Waals surface area contributed by atoms with E-state index in [1.807, 2.05) is 30.3 Å². The highest BCUT2D eigenvalue weighted by atomic mass is 32.2. The third-order valence-electron chi connectivity index (χ3n) is 5.43. The number of unbranched alkanes of at least 4 members (excludes halogenated alkanes) is 3. The number of oxazole rings is 1. The van der Waals surface area contributed by atoms with Crippen LogP contribution in [0.4, 0.5) is 0 Å². The summed E-state index contributed by atoms with van der Waals surface area (Å²) in [6.07, 6.45) is 4.50. The van der Waals surface area contributed by atoms with Crippen molar-refractivity contribution >= 4 is 31.7 Å². The van der Waals surface area contributed by atoms with Crippen molar-refractivity contribution in [2.45, 2.75) is 44.4 Å². The molecule has 162 valence electrons. The van der Waals surface area contributed by atoms with Crippen LogP contribution < -0.4 is 4.74 Å². The van der Waals surface area contributed by atoms with E-state index in [1.165, 1.54) is 12.8 Å². The van der Waals surface area contributed by atoms with Crippen molar-refractivity contribution in [1.29, 1.82) is 0 Å². The van der Waals surface area contributed by atoms with Crippen LogP contribution in [-0.2, 0) is 9.84 Å². The molecule has 5 nitrogen and oxygen atoms in total. The van der Waals surface area contributed by atoms with Gasteiger partial charge in [-0.25, -0.2) is 13.4 Å². The maximum absolute atomic E-state index is 12.2. The highest BCUT2D eigenvalue weighted by molar-refractivity contribution is 7.91. The van der Waals surface area contributed by atoms with Crippen LogP contribution in [0.3, 0.4) is 0 Å². The van der Waals surface area contributed by atoms with E-state index < -0.39 is 9.84 Å². The van der Waals surface area contributed by atoms with Gasteiger partial charge in [0.1, 0.15) is 11.3 Å². The van der Waals surface area contributed by atoms with Gasteiger partial charge in [-0.05, 0) is 47.5 Å². The zero-order valence-corrected chi connectivity index (χ0v) is 18.7. The van der Waals surface area contributed by atoms with Crippen LogP contribution in [0.15, 0.2) is 63.9 Å². The minimum absolute atomic E-state index is 0.0455. The van der Waals surface area contributed by atoms with Crippen molar-refractivity contribution in [2.75, 3.05) is 12.4 Å². The first-order chi connectivity index (χ1) is 15.0. The average Bonchev–Trinajstić information content (AvgIpc) is 3.21. The zero-order chi connectivity index (χ0) is 21.8. The van der Waals surface area contributed by atoms with E-state index in [0.717, 1.165) is 34.9 Å². The molecule has 1 aromatic heterocycles. The number of sulfone groups is 1. The minimum atomic E-state index is -3.31. The zero-order valence-electron chi connectivity index (χ0n) is 17.9. The molecule has 0 unspecified atom stereocenters. The summed E-state index contributed by atoms with van der Waals surface area (Å²) in [5.74, 6) is 1.20. The summed E-state index contributed by atoms with van der Waals surface area (Å²) < 4.78 is 36.6. The van der Waals surface area contributed by atoms with Crippen molar-refractivity contribution in [3.05, 3.63) is 54.6 Å². The first kappa shape index (κ1) is 21.4. The van der Waals surface area contributed by atoms with Crippen LogP contribution in [0.5, 0.6) is 5.75 Å². The van der Waals surface area contributed by atoms with Crippen molar-refractivity contribution in [2.24, 2.45) is 0 Å². The quantitative estimate of drug-likeness (QED) is 0.283. The summed E-state index contributed by atoms with van der Waals surface area (Å²) in [5.41, 5.74) is 1.84. The molecule has 3 aromatic carbocycles. The number of aromatic nitrogens is 1. The second-order valence-electron chi connectivity index (χ2n) is 7.66. The molecule has 0 atom stereocenters. The first-order valence-electron chi connectivity index (χ1n) is 10.8. The first-order valence-corrected chi connectivity index (χ1v) is 12.5. The van der Waals surface area contributed by atoms with Crippen molar-refractivity contribution in [3.63, 3.8) is 0 Å².